The normalized spacial score (nSPS) is 52.0. The molecule has 2 heteroatoms. The maximum Gasteiger partial charge on any atom is 0.155 e. The van der Waals surface area contributed by atoms with Crippen molar-refractivity contribution in [1.29, 1.82) is 0 Å². The van der Waals surface area contributed by atoms with Gasteiger partial charge in [0.1, 0.15) is 5.60 Å². The van der Waals surface area contributed by atoms with Crippen molar-refractivity contribution in [2.75, 3.05) is 0 Å². The quantitative estimate of drug-likeness (QED) is 0.692. The van der Waals surface area contributed by atoms with Gasteiger partial charge in [0.05, 0.1) is 0 Å². The molecule has 0 aromatic heterocycles. The number of allylic oxidation sites excluding steroid dienone is 1. The summed E-state index contributed by atoms with van der Waals surface area (Å²) in [5.41, 5.74) is 0.382. The Morgan fingerprint density at radius 3 is 2.83 bits per heavy atom. The minimum Gasteiger partial charge on any atom is -0.377 e. The van der Waals surface area contributed by atoms with Crippen LogP contribution in [0.15, 0.2) is 11.6 Å². The van der Waals surface area contributed by atoms with Crippen LogP contribution in [-0.4, -0.2) is 16.5 Å². The van der Waals surface area contributed by atoms with Gasteiger partial charge in [0.15, 0.2) is 5.78 Å². The van der Waals surface area contributed by atoms with Gasteiger partial charge in [-0.3, -0.25) is 4.79 Å². The van der Waals surface area contributed by atoms with Gasteiger partial charge >= 0.3 is 0 Å². The van der Waals surface area contributed by atoms with Crippen molar-refractivity contribution in [2.24, 2.45) is 35.0 Å². The van der Waals surface area contributed by atoms with E-state index in [-0.39, 0.29) is 5.41 Å². The zero-order valence-corrected chi connectivity index (χ0v) is 14.3. The van der Waals surface area contributed by atoms with Crippen LogP contribution >= 0.6 is 0 Å². The number of terminal acetylenes is 1. The fourth-order valence-corrected chi connectivity index (χ4v) is 6.84. The monoisotopic (exact) mass is 312 g/mol. The summed E-state index contributed by atoms with van der Waals surface area (Å²) in [6, 6.07) is 0. The van der Waals surface area contributed by atoms with E-state index in [2.05, 4.69) is 19.8 Å². The SMILES string of the molecule is C#CC1(O)CC[C@H]2[C@H]3C(C)CC4=CC(=O)CC[C@@H]4[C@H]3CC[C@@]21C. The smallest absolute Gasteiger partial charge is 0.155 e. The van der Waals surface area contributed by atoms with Crippen molar-refractivity contribution in [3.63, 3.8) is 0 Å². The van der Waals surface area contributed by atoms with Crippen molar-refractivity contribution in [2.45, 2.75) is 64.4 Å². The standard InChI is InChI=1S/C21H28O2/c1-4-21(23)10-8-18-19-13(2)11-14-12-15(22)5-6-16(14)17(19)7-9-20(18,21)3/h1,12-13,16-19,23H,5-11H2,2-3H3/t13?,16-,17+,18-,19-,20-,21?/m0/s1. The molecule has 4 aliphatic carbocycles. The summed E-state index contributed by atoms with van der Waals surface area (Å²) in [7, 11) is 0. The molecule has 0 spiro atoms. The lowest BCUT2D eigenvalue weighted by molar-refractivity contribution is -0.117. The zero-order chi connectivity index (χ0) is 16.4. The summed E-state index contributed by atoms with van der Waals surface area (Å²) in [4.78, 5) is 11.8. The molecule has 2 nitrogen and oxygen atoms in total. The number of rotatable bonds is 0. The fourth-order valence-electron chi connectivity index (χ4n) is 6.84. The van der Waals surface area contributed by atoms with Gasteiger partial charge in [0.2, 0.25) is 0 Å². The van der Waals surface area contributed by atoms with Crippen molar-refractivity contribution in [3.8, 4) is 12.3 Å². The summed E-state index contributed by atoms with van der Waals surface area (Å²) in [5.74, 6) is 6.17. The minimum absolute atomic E-state index is 0.122. The highest BCUT2D eigenvalue weighted by atomic mass is 16.3. The Kier molecular flexibility index (Phi) is 3.34. The van der Waals surface area contributed by atoms with Crippen molar-refractivity contribution in [3.05, 3.63) is 11.6 Å². The number of hydrogen-bond donors (Lipinski definition) is 1. The molecule has 0 aromatic carbocycles. The van der Waals surface area contributed by atoms with Crippen LogP contribution in [0.4, 0.5) is 0 Å². The maximum absolute atomic E-state index is 11.8. The van der Waals surface area contributed by atoms with Gasteiger partial charge < -0.3 is 5.11 Å². The third-order valence-electron chi connectivity index (χ3n) is 8.03. The van der Waals surface area contributed by atoms with E-state index in [0.29, 0.717) is 35.4 Å². The Morgan fingerprint density at radius 2 is 2.09 bits per heavy atom. The number of carbonyl (C=O) groups excluding carboxylic acids is 1. The van der Waals surface area contributed by atoms with Gasteiger partial charge in [-0.05, 0) is 74.2 Å². The number of ketones is 1. The van der Waals surface area contributed by atoms with Gasteiger partial charge in [-0.1, -0.05) is 25.3 Å². The maximum atomic E-state index is 11.8. The van der Waals surface area contributed by atoms with Crippen LogP contribution in [0.25, 0.3) is 0 Å². The van der Waals surface area contributed by atoms with Crippen molar-refractivity contribution in [1.82, 2.24) is 0 Å². The molecule has 23 heavy (non-hydrogen) atoms. The molecule has 0 aliphatic heterocycles. The van der Waals surface area contributed by atoms with Gasteiger partial charge in [-0.25, -0.2) is 0 Å². The molecule has 0 amide bonds. The van der Waals surface area contributed by atoms with E-state index >= 15 is 0 Å². The molecule has 3 fully saturated rings. The molecule has 4 rings (SSSR count). The number of aliphatic hydroxyl groups is 1. The van der Waals surface area contributed by atoms with Gasteiger partial charge in [0, 0.05) is 11.8 Å². The molecule has 0 saturated heterocycles. The van der Waals surface area contributed by atoms with E-state index in [9.17, 15) is 9.90 Å². The largest absolute Gasteiger partial charge is 0.377 e. The molecule has 7 atom stereocenters. The van der Waals surface area contributed by atoms with Crippen LogP contribution in [-0.2, 0) is 4.79 Å². The number of carbonyl (C=O) groups is 1. The molecule has 124 valence electrons. The van der Waals surface area contributed by atoms with Gasteiger partial charge in [-0.2, -0.15) is 0 Å². The third-order valence-corrected chi connectivity index (χ3v) is 8.03. The van der Waals surface area contributed by atoms with Crippen molar-refractivity contribution >= 4 is 5.78 Å². The Bertz CT molecular complexity index is 612. The summed E-state index contributed by atoms with van der Waals surface area (Å²) < 4.78 is 0. The highest BCUT2D eigenvalue weighted by molar-refractivity contribution is 5.91. The molecule has 0 heterocycles. The summed E-state index contributed by atoms with van der Waals surface area (Å²) in [6.45, 7) is 4.59. The predicted molar refractivity (Wildman–Crippen MR) is 90.4 cm³/mol. The van der Waals surface area contributed by atoms with Crippen LogP contribution in [0.1, 0.15) is 58.8 Å². The van der Waals surface area contributed by atoms with E-state index in [1.807, 2.05) is 6.08 Å². The second-order valence-electron chi connectivity index (χ2n) is 8.86. The molecule has 1 N–H and O–H groups in total. The van der Waals surface area contributed by atoms with E-state index in [4.69, 9.17) is 6.42 Å². The van der Waals surface area contributed by atoms with Crippen LogP contribution in [0.2, 0.25) is 0 Å². The van der Waals surface area contributed by atoms with E-state index in [1.165, 1.54) is 5.57 Å². The highest BCUT2D eigenvalue weighted by Crippen LogP contribution is 2.65. The molecule has 2 unspecified atom stereocenters. The van der Waals surface area contributed by atoms with Crippen LogP contribution in [0, 0.1) is 47.3 Å². The van der Waals surface area contributed by atoms with Gasteiger partial charge in [0.25, 0.3) is 0 Å². The second-order valence-corrected chi connectivity index (χ2v) is 8.86. The Hall–Kier alpha value is -1.07. The summed E-state index contributed by atoms with van der Waals surface area (Å²) >= 11 is 0. The Labute approximate surface area is 139 Å². The molecular formula is C21H28O2. The molecular weight excluding hydrogens is 284 g/mol. The topological polar surface area (TPSA) is 37.3 Å². The Balaban J connectivity index is 1.70. The van der Waals surface area contributed by atoms with Gasteiger partial charge in [-0.15, -0.1) is 6.42 Å². The summed E-state index contributed by atoms with van der Waals surface area (Å²) in [6.07, 6.45) is 14.5. The van der Waals surface area contributed by atoms with Crippen LogP contribution < -0.4 is 0 Å². The molecule has 0 bridgehead atoms. The predicted octanol–water partition coefficient (Wildman–Crippen LogP) is 3.74. The lowest BCUT2D eigenvalue weighted by Gasteiger charge is -2.56. The Morgan fingerprint density at radius 1 is 1.30 bits per heavy atom. The molecule has 4 aliphatic rings. The minimum atomic E-state index is -0.916. The van der Waals surface area contributed by atoms with E-state index in [1.54, 1.807) is 0 Å². The van der Waals surface area contributed by atoms with E-state index in [0.717, 1.165) is 44.9 Å². The third kappa shape index (κ3) is 1.96. The number of hydrogen-bond acceptors (Lipinski definition) is 2. The molecule has 3 saturated carbocycles. The first-order valence-corrected chi connectivity index (χ1v) is 9.33. The summed E-state index contributed by atoms with van der Waals surface area (Å²) in [5, 5.41) is 11.0. The zero-order valence-electron chi connectivity index (χ0n) is 14.3. The first-order valence-electron chi connectivity index (χ1n) is 9.33. The number of fused-ring (bicyclic) bond motifs is 5. The van der Waals surface area contributed by atoms with Crippen LogP contribution in [0.3, 0.4) is 0 Å². The first-order chi connectivity index (χ1) is 10.9. The fraction of sp³-hybridized carbons (Fsp3) is 0.762. The van der Waals surface area contributed by atoms with E-state index < -0.39 is 5.60 Å². The average Bonchev–Trinajstić information content (AvgIpc) is 2.79. The molecule has 0 aromatic rings. The second kappa shape index (κ2) is 4.96. The average molecular weight is 312 g/mol. The molecule has 0 radical (unpaired) electrons. The van der Waals surface area contributed by atoms with Crippen LogP contribution in [0.5, 0.6) is 0 Å². The lowest BCUT2D eigenvalue weighted by atomic mass is 9.48. The van der Waals surface area contributed by atoms with Crippen molar-refractivity contribution < 1.29 is 9.90 Å². The highest BCUT2D eigenvalue weighted by Gasteiger charge is 2.62. The lowest BCUT2D eigenvalue weighted by Crippen LogP contribution is -2.53. The first kappa shape index (κ1) is 15.5.